The van der Waals surface area contributed by atoms with Crippen LogP contribution < -0.4 is 26.6 Å². The number of amides is 5. The van der Waals surface area contributed by atoms with E-state index in [1.807, 2.05) is 0 Å². The Hall–Kier alpha value is -5.22. The second kappa shape index (κ2) is 50.6. The smallest absolute Gasteiger partial charge is 0.364 e. The van der Waals surface area contributed by atoms with Gasteiger partial charge < -0.3 is 284 Å². The molecular formula is C79H131N5O58. The third kappa shape index (κ3) is 25.8. The predicted molar refractivity (Wildman–Crippen MR) is 436 cm³/mol. The van der Waals surface area contributed by atoms with Gasteiger partial charge in [-0.25, -0.2) is 4.79 Å². The summed E-state index contributed by atoms with van der Waals surface area (Å²) < 4.78 is 126. The Morgan fingerprint density at radius 2 is 0.627 bits per heavy atom. The van der Waals surface area contributed by atoms with Crippen LogP contribution in [0.4, 0.5) is 0 Å². The molecule has 56 atom stereocenters. The van der Waals surface area contributed by atoms with E-state index in [1.165, 1.54) is 6.92 Å². The summed E-state index contributed by atoms with van der Waals surface area (Å²) >= 11 is 0. The van der Waals surface area contributed by atoms with E-state index in [1.54, 1.807) is 0 Å². The number of nitrogens with one attached hydrogen (secondary N) is 5. The molecule has 0 radical (unpaired) electrons. The number of ether oxygens (including phenoxy) is 21. The summed E-state index contributed by atoms with van der Waals surface area (Å²) in [5.74, 6) is -9.98. The zero-order valence-electron chi connectivity index (χ0n) is 76.4. The molecule has 0 spiro atoms. The molecule has 0 aromatic rings. The second-order valence-electron chi connectivity index (χ2n) is 36.0. The second-order valence-corrected chi connectivity index (χ2v) is 36.0. The van der Waals surface area contributed by atoms with E-state index >= 15 is 0 Å². The van der Waals surface area contributed by atoms with Crippen molar-refractivity contribution in [2.75, 3.05) is 66.1 Å². The third-order valence-corrected chi connectivity index (χ3v) is 25.9. The summed E-state index contributed by atoms with van der Waals surface area (Å²) in [6.45, 7) is -6.39. The number of carbonyl (C=O) groups is 6. The standard InChI is InChI=1S/C79H131N5O58/c1-18-40(100)50(110)55(115)72(124-18)138-64-39(84-23(6)97)71(131-32(15-92)62(64)137-73-56(116)51(111)42(102)26(9-86)126-73)141-67-54(114)44(104)28(11-88)128-77(67)139-65-46(106)33(132-75(58(65)118)136-61-31(14-91)129-69(37(48(61)108)82-21(4)95)134-59-29(12-89)125-68(119)36(47(59)107)81-20(3)94)16-122-76-66(53(113)43(103)27(10-87)127-76)140-70-38(83-22(5)96)49(109)60(30(13-90)130-70)135-74-57(117)52(112)45(105)34(133-74)17-123-79(78(120)121)7-24(98)35(80-19(2)93)63(142-79)41(101)25(99)8-85/h18,24-77,85-92,98-119H,7-17H2,1-6H3,(H,80,93)(H,81,94)(H,82,95)(H,83,96)(H,84,97)(H,120,121)/t18-,24-,25+,26+,27+,28+,29+,30+,31+,32+,33+,34+,35+,36+,37+,38+,39+,40+,41+,42-,43+,44+,45-,46+,47+,48+,49+,50+,51-,52-,53-,54-,55-,56+,57+,58-,59+,60+,61+,62+,63+,64+,65-,66-,67-,68+,69-,70-,71-,72-,73-,74-,75-,76-,77+,79+/m0/s1. The zero-order chi connectivity index (χ0) is 105. The number of carboxylic acid groups (broad SMARTS) is 1. The maximum Gasteiger partial charge on any atom is 0.364 e. The first-order chi connectivity index (χ1) is 67.0. The van der Waals surface area contributed by atoms with Gasteiger partial charge >= 0.3 is 5.97 Å². The van der Waals surface area contributed by atoms with Crippen molar-refractivity contribution in [3.8, 4) is 0 Å². The number of carbonyl (C=O) groups excluding carboxylic acids is 5. The normalized spacial score (nSPS) is 48.0. The summed E-state index contributed by atoms with van der Waals surface area (Å²) in [7, 11) is 0. The molecule has 0 aromatic heterocycles. The number of aliphatic carboxylic acids is 1. The van der Waals surface area contributed by atoms with Gasteiger partial charge in [0.25, 0.3) is 5.79 Å². The highest BCUT2D eigenvalue weighted by Crippen LogP contribution is 2.43. The highest BCUT2D eigenvalue weighted by Gasteiger charge is 2.64. The number of carboxylic acids is 1. The summed E-state index contributed by atoms with van der Waals surface area (Å²) in [4.78, 5) is 77.6. The highest BCUT2D eigenvalue weighted by atomic mass is 16.8. The lowest BCUT2D eigenvalue weighted by molar-refractivity contribution is -0.403. The van der Waals surface area contributed by atoms with Gasteiger partial charge in [0.2, 0.25) is 29.5 Å². The lowest BCUT2D eigenvalue weighted by Gasteiger charge is -2.52. The van der Waals surface area contributed by atoms with Gasteiger partial charge in [0.15, 0.2) is 62.9 Å². The molecule has 5 amide bonds. The molecule has 63 heteroatoms. The van der Waals surface area contributed by atoms with E-state index in [4.69, 9.17) is 99.5 Å². The van der Waals surface area contributed by atoms with Crippen molar-refractivity contribution in [1.82, 2.24) is 26.6 Å². The monoisotopic (exact) mass is 2080 g/mol. The van der Waals surface area contributed by atoms with Crippen LogP contribution in [-0.4, -0.2) is 603 Å². The summed E-state index contributed by atoms with van der Waals surface area (Å²) in [6, 6.07) is -9.64. The first-order valence-electron chi connectivity index (χ1n) is 45.1. The number of hydrogen-bond donors (Lipinski definition) is 36. The Balaban J connectivity index is 0.920. The van der Waals surface area contributed by atoms with Crippen molar-refractivity contribution in [3.05, 3.63) is 0 Å². The summed E-state index contributed by atoms with van der Waals surface area (Å²) in [5, 5.41) is 361. The van der Waals surface area contributed by atoms with Crippen molar-refractivity contribution < 1.29 is 287 Å². The summed E-state index contributed by atoms with van der Waals surface area (Å²) in [6.07, 6.45) is -111. The minimum Gasteiger partial charge on any atom is -0.477 e. The average molecular weight is 2080 g/mol. The van der Waals surface area contributed by atoms with Gasteiger partial charge in [0.1, 0.15) is 256 Å². The Morgan fingerprint density at radius 1 is 0.303 bits per heavy atom. The molecule has 11 saturated heterocycles. The summed E-state index contributed by atoms with van der Waals surface area (Å²) in [5.41, 5.74) is 0. The van der Waals surface area contributed by atoms with Crippen LogP contribution in [0.2, 0.25) is 0 Å². The van der Waals surface area contributed by atoms with Crippen molar-refractivity contribution >= 4 is 35.5 Å². The van der Waals surface area contributed by atoms with Crippen LogP contribution in [-0.2, 0) is 128 Å². The average Bonchev–Trinajstić information content (AvgIpc) is 0.755. The SMILES string of the molecule is CC(=O)N[C@@H]1[C@@H](O)[C@H](O[C@@H]2O[C@H](CO)[C@@H](O[C@@H]3O[C@H](CO[C@H]4O[C@H](CO)[C@@H](O)[C@H](O)[C@@H]4O[C@@H]4O[C@H](CO)[C@@H](O[C@@H]5O[C@H](CO[C@]6(C(=O)O)C[C@H](O)[C@@H](NC(C)=O)[C@H]([C@H](O)[C@H](O)CO)O6)[C@H](O)[C@H](O)[C@H]5O)[C@H](O)[C@H]4NC(C)=O)[C@@H](O)[C@H](O[C@H]4O[C@H](CO)[C@@H](O)[C@H](O)[C@@H]4O[C@@H]4O[C@H](CO)[C@@H](O[C@@H]5O[C@H](CO)[C@H](O)[C@H](O)[C@H]5O)[C@H](O[C@@H]5O[C@@H](C)[C@@H](O)[C@@H](O)[C@@H]5O)[C@H]4NC(C)=O)[C@@H]3O)[C@H](O)[C@H]2NC(C)=O)[C@@H](CO)O[C@H]1O. The number of aliphatic hydroxyl groups excluding tert-OH is 30. The molecule has 63 nitrogen and oxygen atoms in total. The van der Waals surface area contributed by atoms with E-state index in [9.17, 15) is 187 Å². The van der Waals surface area contributed by atoms with E-state index in [0.29, 0.717) is 0 Å². The predicted octanol–water partition coefficient (Wildman–Crippen LogP) is -24.0. The van der Waals surface area contributed by atoms with Crippen LogP contribution in [0, 0.1) is 0 Å². The van der Waals surface area contributed by atoms with E-state index in [2.05, 4.69) is 26.6 Å². The Bertz CT molecular complexity index is 4010. The minimum absolute atomic E-state index is 0.829. The molecule has 11 aliphatic rings. The third-order valence-electron chi connectivity index (χ3n) is 25.9. The van der Waals surface area contributed by atoms with Crippen molar-refractivity contribution in [1.29, 1.82) is 0 Å². The molecular weight excluding hydrogens is 1950 g/mol. The fourth-order valence-electron chi connectivity index (χ4n) is 18.4. The molecule has 0 aromatic carbocycles. The molecule has 11 aliphatic heterocycles. The maximum atomic E-state index is 13.6. The molecule has 0 aliphatic carbocycles. The molecule has 36 N–H and O–H groups in total. The van der Waals surface area contributed by atoms with Gasteiger partial charge in [-0.1, -0.05) is 0 Å². The molecule has 11 fully saturated rings. The molecule has 0 unspecified atom stereocenters. The van der Waals surface area contributed by atoms with Gasteiger partial charge in [-0.05, 0) is 6.92 Å². The quantitative estimate of drug-likeness (QED) is 0.0273. The van der Waals surface area contributed by atoms with E-state index < -0.39 is 451 Å². The van der Waals surface area contributed by atoms with Crippen LogP contribution >= 0.6 is 0 Å². The minimum atomic E-state index is -3.11. The van der Waals surface area contributed by atoms with Crippen molar-refractivity contribution in [3.63, 3.8) is 0 Å². The number of aliphatic hydroxyl groups is 30. The largest absolute Gasteiger partial charge is 0.477 e. The first-order valence-corrected chi connectivity index (χ1v) is 45.1. The lowest BCUT2D eigenvalue weighted by atomic mass is 9.88. The first kappa shape index (κ1) is 117. The van der Waals surface area contributed by atoms with E-state index in [-0.39, 0.29) is 0 Å². The van der Waals surface area contributed by atoms with Crippen LogP contribution in [0.5, 0.6) is 0 Å². The topological polar surface area (TPSA) is 984 Å². The zero-order valence-corrected chi connectivity index (χ0v) is 76.4. The molecule has 11 rings (SSSR count). The van der Waals surface area contributed by atoms with E-state index in [0.717, 1.165) is 34.6 Å². The van der Waals surface area contributed by atoms with Gasteiger partial charge in [-0.2, -0.15) is 0 Å². The van der Waals surface area contributed by atoms with Crippen molar-refractivity contribution in [2.24, 2.45) is 0 Å². The fraction of sp³-hybridized carbons (Fsp3) is 0.924. The Kier molecular flexibility index (Phi) is 41.7. The molecule has 142 heavy (non-hydrogen) atoms. The van der Waals surface area contributed by atoms with Gasteiger partial charge in [-0.3, -0.25) is 24.0 Å². The lowest BCUT2D eigenvalue weighted by Crippen LogP contribution is -2.71. The van der Waals surface area contributed by atoms with Crippen LogP contribution in [0.15, 0.2) is 0 Å². The van der Waals surface area contributed by atoms with Crippen LogP contribution in [0.25, 0.3) is 0 Å². The molecule has 0 bridgehead atoms. The highest BCUT2D eigenvalue weighted by molar-refractivity contribution is 5.77. The van der Waals surface area contributed by atoms with Gasteiger partial charge in [0, 0.05) is 41.0 Å². The molecule has 820 valence electrons. The number of rotatable bonds is 38. The fourth-order valence-corrected chi connectivity index (χ4v) is 18.4. The number of hydrogen-bond acceptors (Lipinski definition) is 57. The Labute approximate surface area is 803 Å². The van der Waals surface area contributed by atoms with Gasteiger partial charge in [-0.15, -0.1) is 0 Å². The molecule has 11 heterocycles. The van der Waals surface area contributed by atoms with Gasteiger partial charge in [0.05, 0.1) is 84.3 Å². The maximum absolute atomic E-state index is 13.6. The van der Waals surface area contributed by atoms with Crippen LogP contribution in [0.1, 0.15) is 48.0 Å². The van der Waals surface area contributed by atoms with Crippen molar-refractivity contribution in [2.45, 2.75) is 391 Å². The molecule has 0 saturated carbocycles. The Morgan fingerprint density at radius 3 is 1.08 bits per heavy atom. The van der Waals surface area contributed by atoms with Crippen LogP contribution in [0.3, 0.4) is 0 Å².